The van der Waals surface area contributed by atoms with Crippen LogP contribution in [-0.4, -0.2) is 22.9 Å². The lowest BCUT2D eigenvalue weighted by Crippen LogP contribution is -2.33. The van der Waals surface area contributed by atoms with Crippen molar-refractivity contribution in [2.45, 2.75) is 19.5 Å². The summed E-state index contributed by atoms with van der Waals surface area (Å²) in [5.74, 6) is -1.02. The number of aromatic nitrogens is 1. The Morgan fingerprint density at radius 3 is 2.58 bits per heavy atom. The molecule has 4 aromatic rings. The molecule has 2 aromatic carbocycles. The highest BCUT2D eigenvalue weighted by Crippen LogP contribution is 2.34. The minimum Gasteiger partial charge on any atom is -0.368 e. The topological polar surface area (TPSA) is 77.1 Å². The van der Waals surface area contributed by atoms with Crippen molar-refractivity contribution in [1.82, 2.24) is 9.88 Å². The van der Waals surface area contributed by atoms with E-state index in [2.05, 4.69) is 5.32 Å². The van der Waals surface area contributed by atoms with Crippen molar-refractivity contribution >= 4 is 33.2 Å². The highest BCUT2D eigenvalue weighted by atomic mass is 32.1. The number of carbonyl (C=O) groups excluding carboxylic acids is 2. The number of thiophene rings is 1. The second kappa shape index (κ2) is 8.74. The van der Waals surface area contributed by atoms with Gasteiger partial charge in [-0.05, 0) is 41.6 Å². The van der Waals surface area contributed by atoms with Crippen LogP contribution in [0.5, 0.6) is 0 Å². The first kappa shape index (κ1) is 22.6. The largest absolute Gasteiger partial charge is 0.416 e. The molecule has 2 heterocycles. The maximum Gasteiger partial charge on any atom is 0.416 e. The van der Waals surface area contributed by atoms with Crippen LogP contribution in [0.1, 0.15) is 31.9 Å². The van der Waals surface area contributed by atoms with Crippen LogP contribution in [0.3, 0.4) is 0 Å². The summed E-state index contributed by atoms with van der Waals surface area (Å²) in [4.78, 5) is 24.2. The first-order valence-corrected chi connectivity index (χ1v) is 10.9. The van der Waals surface area contributed by atoms with E-state index in [1.54, 1.807) is 19.2 Å². The zero-order valence-electron chi connectivity index (χ0n) is 17.6. The minimum absolute atomic E-state index is 0.247. The Kier molecular flexibility index (Phi) is 5.99. The van der Waals surface area contributed by atoms with E-state index < -0.39 is 23.6 Å². The van der Waals surface area contributed by atoms with Gasteiger partial charge in [0.25, 0.3) is 5.91 Å². The first-order chi connectivity index (χ1) is 15.6. The maximum absolute atomic E-state index is 13.0. The van der Waals surface area contributed by atoms with Gasteiger partial charge in [-0.3, -0.25) is 9.59 Å². The Balaban J connectivity index is 1.65. The van der Waals surface area contributed by atoms with Crippen molar-refractivity contribution in [1.29, 1.82) is 0 Å². The highest BCUT2D eigenvalue weighted by Gasteiger charge is 2.30. The normalized spacial score (nSPS) is 11.6. The number of fused-ring (bicyclic) bond motifs is 1. The fraction of sp³-hybridized carbons (Fsp3) is 0.167. The van der Waals surface area contributed by atoms with Crippen molar-refractivity contribution in [3.05, 3.63) is 88.1 Å². The number of primary amides is 1. The monoisotopic (exact) mass is 471 g/mol. The molecule has 0 spiro atoms. The number of alkyl halides is 3. The number of nitrogens with two attached hydrogens (primary N) is 1. The number of halogens is 3. The Labute approximate surface area is 191 Å². The molecule has 170 valence electrons. The van der Waals surface area contributed by atoms with Gasteiger partial charge >= 0.3 is 6.18 Å². The van der Waals surface area contributed by atoms with E-state index in [9.17, 15) is 22.8 Å². The fourth-order valence-corrected chi connectivity index (χ4v) is 4.86. The molecule has 5 nitrogen and oxygen atoms in total. The predicted molar refractivity (Wildman–Crippen MR) is 122 cm³/mol. The molecule has 4 rings (SSSR count). The van der Waals surface area contributed by atoms with E-state index in [1.165, 1.54) is 23.5 Å². The number of aryl methyl sites for hydroxylation is 1. The molecule has 0 aliphatic rings. The molecule has 0 saturated carbocycles. The molecule has 0 saturated heterocycles. The molecule has 2 amide bonds. The lowest BCUT2D eigenvalue weighted by Gasteiger charge is -2.08. The molecule has 33 heavy (non-hydrogen) atoms. The van der Waals surface area contributed by atoms with E-state index in [1.807, 2.05) is 35.0 Å². The number of nitrogens with one attached hydrogen (secondary N) is 1. The van der Waals surface area contributed by atoms with Crippen LogP contribution in [0.25, 0.3) is 15.8 Å². The van der Waals surface area contributed by atoms with Gasteiger partial charge in [-0.15, -0.1) is 11.3 Å². The molecule has 9 heteroatoms. The SMILES string of the molecule is Cc1cn(-c2cccc3cc(Cc4cccc(C(F)(F)F)c4)sc23)cc1C(=O)NCC(N)=O. The van der Waals surface area contributed by atoms with Gasteiger partial charge in [0.1, 0.15) is 0 Å². The summed E-state index contributed by atoms with van der Waals surface area (Å²) >= 11 is 1.50. The summed E-state index contributed by atoms with van der Waals surface area (Å²) in [6.45, 7) is 1.55. The van der Waals surface area contributed by atoms with Gasteiger partial charge < -0.3 is 15.6 Å². The molecular formula is C24H20F3N3O2S. The zero-order valence-corrected chi connectivity index (χ0v) is 18.4. The number of rotatable bonds is 6. The van der Waals surface area contributed by atoms with Gasteiger partial charge in [-0.2, -0.15) is 13.2 Å². The minimum atomic E-state index is -4.38. The zero-order chi connectivity index (χ0) is 23.8. The third-order valence-corrected chi connectivity index (χ3v) is 6.35. The average Bonchev–Trinajstić information content (AvgIpc) is 3.34. The number of benzene rings is 2. The van der Waals surface area contributed by atoms with Crippen LogP contribution in [0.4, 0.5) is 13.2 Å². The number of nitrogens with zero attached hydrogens (tertiary/aromatic N) is 1. The summed E-state index contributed by atoms with van der Waals surface area (Å²) in [5.41, 5.74) is 7.02. The van der Waals surface area contributed by atoms with E-state index >= 15 is 0 Å². The number of amides is 2. The van der Waals surface area contributed by atoms with Gasteiger partial charge in [0, 0.05) is 23.7 Å². The molecular weight excluding hydrogens is 451 g/mol. The number of carbonyl (C=O) groups is 2. The second-order valence-corrected chi connectivity index (χ2v) is 8.83. The quantitative estimate of drug-likeness (QED) is 0.423. The van der Waals surface area contributed by atoms with Crippen molar-refractivity contribution in [3.63, 3.8) is 0 Å². The molecule has 0 fully saturated rings. The van der Waals surface area contributed by atoms with Crippen LogP contribution in [-0.2, 0) is 17.4 Å². The van der Waals surface area contributed by atoms with Crippen LogP contribution < -0.4 is 11.1 Å². The molecule has 0 bridgehead atoms. The average molecular weight is 472 g/mol. The van der Waals surface area contributed by atoms with Crippen molar-refractivity contribution in [3.8, 4) is 5.69 Å². The van der Waals surface area contributed by atoms with Crippen LogP contribution in [0, 0.1) is 6.92 Å². The first-order valence-electron chi connectivity index (χ1n) is 10.0. The van der Waals surface area contributed by atoms with Crippen LogP contribution in [0.2, 0.25) is 0 Å². The smallest absolute Gasteiger partial charge is 0.368 e. The third kappa shape index (κ3) is 4.93. The second-order valence-electron chi connectivity index (χ2n) is 7.69. The number of hydrogen-bond donors (Lipinski definition) is 2. The standard InChI is InChI=1S/C24H20F3N3O2S/c1-14-12-30(13-19(14)23(32)29-11-21(28)31)20-7-3-5-16-10-18(33-22(16)20)9-15-4-2-6-17(8-15)24(25,26)27/h2-8,10,12-13H,9,11H2,1H3,(H2,28,31)(H,29,32). The van der Waals surface area contributed by atoms with Gasteiger partial charge in [-0.25, -0.2) is 0 Å². The van der Waals surface area contributed by atoms with Gasteiger partial charge in [0.15, 0.2) is 0 Å². The Hall–Kier alpha value is -3.59. The molecule has 0 aliphatic heterocycles. The lowest BCUT2D eigenvalue weighted by molar-refractivity contribution is -0.137. The molecule has 3 N–H and O–H groups in total. The van der Waals surface area contributed by atoms with E-state index in [0.29, 0.717) is 17.5 Å². The van der Waals surface area contributed by atoms with Crippen molar-refractivity contribution in [2.75, 3.05) is 6.54 Å². The maximum atomic E-state index is 13.0. The Morgan fingerprint density at radius 2 is 1.85 bits per heavy atom. The summed E-state index contributed by atoms with van der Waals surface area (Å²) in [6.07, 6.45) is -0.488. The van der Waals surface area contributed by atoms with Gasteiger partial charge in [0.2, 0.25) is 5.91 Å². The molecule has 0 unspecified atom stereocenters. The Morgan fingerprint density at radius 1 is 1.09 bits per heavy atom. The van der Waals surface area contributed by atoms with Crippen molar-refractivity contribution in [2.24, 2.45) is 5.73 Å². The summed E-state index contributed by atoms with van der Waals surface area (Å²) in [7, 11) is 0. The van der Waals surface area contributed by atoms with E-state index in [4.69, 9.17) is 5.73 Å². The molecule has 0 radical (unpaired) electrons. The van der Waals surface area contributed by atoms with E-state index in [0.717, 1.165) is 32.3 Å². The summed E-state index contributed by atoms with van der Waals surface area (Å²) in [5, 5.41) is 3.45. The predicted octanol–water partition coefficient (Wildman–Crippen LogP) is 4.83. The van der Waals surface area contributed by atoms with E-state index in [-0.39, 0.29) is 6.54 Å². The fourth-order valence-electron chi connectivity index (χ4n) is 3.65. The highest BCUT2D eigenvalue weighted by molar-refractivity contribution is 7.19. The lowest BCUT2D eigenvalue weighted by atomic mass is 10.1. The van der Waals surface area contributed by atoms with Gasteiger partial charge in [-0.1, -0.05) is 30.3 Å². The molecule has 2 aromatic heterocycles. The van der Waals surface area contributed by atoms with Crippen LogP contribution >= 0.6 is 11.3 Å². The van der Waals surface area contributed by atoms with Crippen LogP contribution in [0.15, 0.2) is 60.9 Å². The molecule has 0 aliphatic carbocycles. The van der Waals surface area contributed by atoms with Gasteiger partial charge in [0.05, 0.1) is 28.1 Å². The molecule has 0 atom stereocenters. The van der Waals surface area contributed by atoms with Crippen molar-refractivity contribution < 1.29 is 22.8 Å². The summed E-state index contributed by atoms with van der Waals surface area (Å²) < 4.78 is 41.9. The third-order valence-electron chi connectivity index (χ3n) is 5.18. The summed E-state index contributed by atoms with van der Waals surface area (Å²) in [6, 6.07) is 13.1. The Bertz CT molecular complexity index is 1350. The number of hydrogen-bond acceptors (Lipinski definition) is 3.